The Morgan fingerprint density at radius 2 is 1.76 bits per heavy atom. The van der Waals surface area contributed by atoms with Crippen molar-refractivity contribution < 1.29 is 24.2 Å². The predicted octanol–water partition coefficient (Wildman–Crippen LogP) is 5.49. The fourth-order valence-corrected chi connectivity index (χ4v) is 9.76. The Balaban J connectivity index is 1.70. The molecule has 38 heavy (non-hydrogen) atoms. The number of aliphatic hydroxyl groups excluding tert-OH is 1. The van der Waals surface area contributed by atoms with Crippen molar-refractivity contribution in [2.45, 2.75) is 99.5 Å². The molecule has 5 aliphatic rings. The van der Waals surface area contributed by atoms with E-state index in [0.29, 0.717) is 32.1 Å². The summed E-state index contributed by atoms with van der Waals surface area (Å²) in [5, 5.41) is 20.3. The van der Waals surface area contributed by atoms with Crippen LogP contribution in [0.25, 0.3) is 0 Å². The molecule has 2 bridgehead atoms. The van der Waals surface area contributed by atoms with E-state index in [1.807, 2.05) is 13.8 Å². The standard InChI is InChI=1S/C32H43NO5/c1-19-31(13-11-26(2,3)4)14-12-30(8)29(7)10-9-21-27(5,16-20(17-33)24(36)28(21,6)18-34)22(29)15-23(35)32(19,30)38-25(31)37/h15-16,19,21,34H,9-14,18H2,1-8H3/t19?,21?,27-,28-,29+,30-,31-,32+/m0/s1. The molecule has 0 radical (unpaired) electrons. The summed E-state index contributed by atoms with van der Waals surface area (Å²) < 4.78 is 6.38. The van der Waals surface area contributed by atoms with Crippen LogP contribution < -0.4 is 0 Å². The molecule has 1 N–H and O–H groups in total. The number of Topliss-reactive ketones (excluding diaryl/α,β-unsaturated/α-hetero) is 1. The van der Waals surface area contributed by atoms with Crippen LogP contribution in [0, 0.1) is 55.7 Å². The minimum atomic E-state index is -1.23. The number of esters is 1. The molecule has 1 heterocycles. The normalized spacial score (nSPS) is 47.7. The number of carbonyl (C=O) groups is 3. The summed E-state index contributed by atoms with van der Waals surface area (Å²) >= 11 is 0. The Morgan fingerprint density at radius 3 is 2.34 bits per heavy atom. The molecule has 5 rings (SSSR count). The molecule has 2 saturated carbocycles. The number of nitriles is 1. The highest BCUT2D eigenvalue weighted by Crippen LogP contribution is 2.76. The van der Waals surface area contributed by atoms with Crippen molar-refractivity contribution >= 4 is 17.5 Å². The van der Waals surface area contributed by atoms with Gasteiger partial charge in [0, 0.05) is 16.7 Å². The lowest BCUT2D eigenvalue weighted by Gasteiger charge is -2.68. The number of fused-ring (bicyclic) bond motifs is 5. The molecule has 206 valence electrons. The zero-order valence-electron chi connectivity index (χ0n) is 24.3. The minimum absolute atomic E-state index is 0.0499. The summed E-state index contributed by atoms with van der Waals surface area (Å²) in [6.45, 7) is 16.3. The maximum atomic E-state index is 14.4. The number of hydrogen-bond acceptors (Lipinski definition) is 6. The van der Waals surface area contributed by atoms with Gasteiger partial charge in [-0.1, -0.05) is 54.5 Å². The van der Waals surface area contributed by atoms with Crippen molar-refractivity contribution in [3.8, 4) is 6.07 Å². The van der Waals surface area contributed by atoms with E-state index in [4.69, 9.17) is 4.74 Å². The van der Waals surface area contributed by atoms with Crippen molar-refractivity contribution in [3.63, 3.8) is 0 Å². The fourth-order valence-electron chi connectivity index (χ4n) is 9.76. The SMILES string of the molecule is CC1[C@]2(CCC(C)(C)C)CC[C@@]3(C)[C@]4(C)CCC5[C@](C)(C=C(C#N)C(=O)[C@@]5(C)CO)C4=CC(=O)[C@]13OC2=O. The van der Waals surface area contributed by atoms with Crippen LogP contribution >= 0.6 is 0 Å². The Kier molecular flexibility index (Phi) is 5.52. The number of ketones is 2. The van der Waals surface area contributed by atoms with Crippen LogP contribution in [-0.2, 0) is 19.1 Å². The third kappa shape index (κ3) is 2.85. The van der Waals surface area contributed by atoms with Crippen LogP contribution in [0.2, 0.25) is 0 Å². The van der Waals surface area contributed by atoms with E-state index in [1.165, 1.54) is 0 Å². The first-order valence-corrected chi connectivity index (χ1v) is 14.2. The molecule has 6 nitrogen and oxygen atoms in total. The zero-order chi connectivity index (χ0) is 28.3. The van der Waals surface area contributed by atoms with E-state index in [1.54, 1.807) is 19.1 Å². The molecular weight excluding hydrogens is 478 g/mol. The number of aliphatic hydroxyl groups is 1. The van der Waals surface area contributed by atoms with E-state index in [9.17, 15) is 24.8 Å². The van der Waals surface area contributed by atoms with Gasteiger partial charge in [-0.05, 0) is 73.8 Å². The van der Waals surface area contributed by atoms with Gasteiger partial charge in [-0.2, -0.15) is 5.26 Å². The average Bonchev–Trinajstić information content (AvgIpc) is 2.99. The number of allylic oxidation sites excluding steroid dienone is 3. The van der Waals surface area contributed by atoms with Gasteiger partial charge in [-0.3, -0.25) is 14.4 Å². The summed E-state index contributed by atoms with van der Waals surface area (Å²) in [6.07, 6.45) is 7.81. The van der Waals surface area contributed by atoms with Crippen molar-refractivity contribution in [1.82, 2.24) is 0 Å². The van der Waals surface area contributed by atoms with Gasteiger partial charge in [-0.15, -0.1) is 0 Å². The number of hydrogen-bond donors (Lipinski definition) is 1. The monoisotopic (exact) mass is 521 g/mol. The highest BCUT2D eigenvalue weighted by Gasteiger charge is 2.80. The second kappa shape index (κ2) is 7.68. The van der Waals surface area contributed by atoms with Crippen molar-refractivity contribution in [3.05, 3.63) is 23.3 Å². The Hall–Kier alpha value is -2.26. The van der Waals surface area contributed by atoms with E-state index in [2.05, 4.69) is 40.7 Å². The molecule has 4 aliphatic carbocycles. The summed E-state index contributed by atoms with van der Waals surface area (Å²) in [5.41, 5.74) is -3.84. The second-order valence-corrected chi connectivity index (χ2v) is 15.1. The van der Waals surface area contributed by atoms with Crippen LogP contribution in [0.4, 0.5) is 0 Å². The van der Waals surface area contributed by atoms with E-state index < -0.39 is 32.7 Å². The second-order valence-electron chi connectivity index (χ2n) is 15.1. The lowest BCUT2D eigenvalue weighted by molar-refractivity contribution is -0.199. The highest BCUT2D eigenvalue weighted by molar-refractivity contribution is 6.06. The van der Waals surface area contributed by atoms with E-state index in [-0.39, 0.29) is 47.0 Å². The van der Waals surface area contributed by atoms with Gasteiger partial charge in [0.1, 0.15) is 6.07 Å². The fraction of sp³-hybridized carbons (Fsp3) is 0.750. The number of carbonyl (C=O) groups excluding carboxylic acids is 3. The quantitative estimate of drug-likeness (QED) is 0.492. The molecule has 3 fully saturated rings. The summed E-state index contributed by atoms with van der Waals surface area (Å²) in [4.78, 5) is 41.4. The lowest BCUT2D eigenvalue weighted by atomic mass is 9.34. The van der Waals surface area contributed by atoms with Gasteiger partial charge >= 0.3 is 5.97 Å². The first-order chi connectivity index (χ1) is 17.4. The summed E-state index contributed by atoms with van der Waals surface area (Å²) in [5.74, 6) is -1.21. The first kappa shape index (κ1) is 27.3. The van der Waals surface area contributed by atoms with Crippen molar-refractivity contribution in [2.24, 2.45) is 44.3 Å². The first-order valence-electron chi connectivity index (χ1n) is 14.2. The van der Waals surface area contributed by atoms with E-state index >= 15 is 0 Å². The third-order valence-electron chi connectivity index (χ3n) is 12.4. The van der Waals surface area contributed by atoms with Crippen LogP contribution in [0.1, 0.15) is 93.9 Å². The molecule has 0 aromatic rings. The molecule has 8 atom stereocenters. The predicted molar refractivity (Wildman–Crippen MR) is 142 cm³/mol. The van der Waals surface area contributed by atoms with E-state index in [0.717, 1.165) is 12.0 Å². The van der Waals surface area contributed by atoms with Gasteiger partial charge in [-0.25, -0.2) is 0 Å². The van der Waals surface area contributed by atoms with Gasteiger partial charge in [0.2, 0.25) is 0 Å². The van der Waals surface area contributed by atoms with Crippen molar-refractivity contribution in [1.29, 1.82) is 5.26 Å². The highest BCUT2D eigenvalue weighted by atomic mass is 16.6. The molecule has 6 heteroatoms. The Morgan fingerprint density at radius 1 is 1.11 bits per heavy atom. The number of rotatable bonds is 3. The molecule has 2 unspecified atom stereocenters. The van der Waals surface area contributed by atoms with Gasteiger partial charge in [0.05, 0.1) is 23.0 Å². The van der Waals surface area contributed by atoms with Gasteiger partial charge in [0.25, 0.3) is 0 Å². The van der Waals surface area contributed by atoms with Crippen molar-refractivity contribution in [2.75, 3.05) is 6.61 Å². The number of ether oxygens (including phenoxy) is 1. The minimum Gasteiger partial charge on any atom is -0.449 e. The van der Waals surface area contributed by atoms with Crippen LogP contribution in [0.5, 0.6) is 0 Å². The van der Waals surface area contributed by atoms with Crippen LogP contribution in [-0.4, -0.2) is 34.9 Å². The zero-order valence-corrected chi connectivity index (χ0v) is 24.3. The molecule has 0 aromatic heterocycles. The maximum absolute atomic E-state index is 14.4. The summed E-state index contributed by atoms with van der Waals surface area (Å²) in [7, 11) is 0. The van der Waals surface area contributed by atoms with Gasteiger partial charge in [0.15, 0.2) is 17.2 Å². The number of nitrogens with zero attached hydrogens (tertiary/aromatic N) is 1. The molecular formula is C32H43NO5. The van der Waals surface area contributed by atoms with Crippen LogP contribution in [0.3, 0.4) is 0 Å². The largest absolute Gasteiger partial charge is 0.449 e. The Labute approximate surface area is 226 Å². The third-order valence-corrected chi connectivity index (χ3v) is 12.4. The molecule has 0 aromatic carbocycles. The Bertz CT molecular complexity index is 1250. The van der Waals surface area contributed by atoms with Gasteiger partial charge < -0.3 is 9.84 Å². The maximum Gasteiger partial charge on any atom is 0.313 e. The molecule has 0 amide bonds. The smallest absolute Gasteiger partial charge is 0.313 e. The molecule has 1 spiro atoms. The lowest BCUT2D eigenvalue weighted by Crippen LogP contribution is -2.70. The summed E-state index contributed by atoms with van der Waals surface area (Å²) in [6, 6.07) is 2.07. The topological polar surface area (TPSA) is 104 Å². The average molecular weight is 522 g/mol. The molecule has 1 saturated heterocycles. The molecule has 1 aliphatic heterocycles. The van der Waals surface area contributed by atoms with Crippen LogP contribution in [0.15, 0.2) is 23.3 Å².